The second-order valence-corrected chi connectivity index (χ2v) is 8.49. The topological polar surface area (TPSA) is 96.3 Å². The zero-order chi connectivity index (χ0) is 24.4. The van der Waals surface area contributed by atoms with Gasteiger partial charge in [0.2, 0.25) is 11.7 Å². The number of rotatable bonds is 7. The molecule has 4 rings (SSSR count). The van der Waals surface area contributed by atoms with Crippen LogP contribution in [0, 0.1) is 0 Å². The van der Waals surface area contributed by atoms with Gasteiger partial charge in [-0.1, -0.05) is 29.5 Å². The first kappa shape index (κ1) is 23.4. The minimum absolute atomic E-state index is 0.110. The largest absolute Gasteiger partial charge is 0.493 e. The molecule has 2 heterocycles. The Bertz CT molecular complexity index is 1260. The summed E-state index contributed by atoms with van der Waals surface area (Å²) < 4.78 is 22.5. The average molecular weight is 485 g/mol. The highest BCUT2D eigenvalue weighted by atomic mass is 32.1. The van der Waals surface area contributed by atoms with E-state index in [4.69, 9.17) is 18.9 Å². The first-order valence-electron chi connectivity index (χ1n) is 10.4. The monoisotopic (exact) mass is 484 g/mol. The van der Waals surface area contributed by atoms with Gasteiger partial charge in [-0.2, -0.15) is 0 Å². The van der Waals surface area contributed by atoms with Crippen molar-refractivity contribution in [1.29, 1.82) is 0 Å². The SMILES string of the molecule is COC(=O)Cn1c2c(sc1=O)[C@H](c1cc(OC)c(OC)c(OC)c1)CC(=O)N2c1ccccc1. The summed E-state index contributed by atoms with van der Waals surface area (Å²) in [6, 6.07) is 12.6. The number of thiazole rings is 1. The van der Waals surface area contributed by atoms with E-state index in [-0.39, 0.29) is 23.7 Å². The fourth-order valence-electron chi connectivity index (χ4n) is 4.10. The predicted molar refractivity (Wildman–Crippen MR) is 127 cm³/mol. The second kappa shape index (κ2) is 9.60. The molecule has 1 atom stereocenters. The van der Waals surface area contributed by atoms with Gasteiger partial charge in [0.05, 0.1) is 39.0 Å². The highest BCUT2D eigenvalue weighted by molar-refractivity contribution is 7.10. The van der Waals surface area contributed by atoms with Gasteiger partial charge in [0.15, 0.2) is 11.5 Å². The van der Waals surface area contributed by atoms with Gasteiger partial charge >= 0.3 is 10.8 Å². The van der Waals surface area contributed by atoms with Crippen molar-refractivity contribution >= 4 is 34.7 Å². The zero-order valence-electron chi connectivity index (χ0n) is 19.2. The molecule has 34 heavy (non-hydrogen) atoms. The fourth-order valence-corrected chi connectivity index (χ4v) is 5.20. The Labute approximate surface area is 200 Å². The van der Waals surface area contributed by atoms with Crippen LogP contribution in [0.15, 0.2) is 47.3 Å². The van der Waals surface area contributed by atoms with Gasteiger partial charge in [-0.15, -0.1) is 0 Å². The van der Waals surface area contributed by atoms with E-state index >= 15 is 0 Å². The van der Waals surface area contributed by atoms with Crippen molar-refractivity contribution in [1.82, 2.24) is 4.57 Å². The molecule has 0 saturated heterocycles. The van der Waals surface area contributed by atoms with Crippen molar-refractivity contribution in [3.05, 3.63) is 62.6 Å². The van der Waals surface area contributed by atoms with Crippen LogP contribution in [0.1, 0.15) is 22.8 Å². The van der Waals surface area contributed by atoms with Crippen LogP contribution in [0.4, 0.5) is 11.5 Å². The Morgan fingerprint density at radius 1 is 1.00 bits per heavy atom. The molecule has 0 spiro atoms. The highest BCUT2D eigenvalue weighted by Gasteiger charge is 2.39. The van der Waals surface area contributed by atoms with E-state index in [1.54, 1.807) is 24.3 Å². The first-order chi connectivity index (χ1) is 16.4. The molecule has 1 aliphatic heterocycles. The van der Waals surface area contributed by atoms with Crippen LogP contribution in [0.25, 0.3) is 0 Å². The number of carbonyl (C=O) groups is 2. The number of aromatic nitrogens is 1. The number of para-hydroxylation sites is 1. The van der Waals surface area contributed by atoms with Gasteiger partial charge < -0.3 is 18.9 Å². The number of carbonyl (C=O) groups excluding carboxylic acids is 2. The summed E-state index contributed by atoms with van der Waals surface area (Å²) in [6.07, 6.45) is 0.110. The molecule has 10 heteroatoms. The summed E-state index contributed by atoms with van der Waals surface area (Å²) in [6.45, 7) is -0.306. The minimum Gasteiger partial charge on any atom is -0.493 e. The van der Waals surface area contributed by atoms with Crippen molar-refractivity contribution < 1.29 is 28.5 Å². The van der Waals surface area contributed by atoms with E-state index in [9.17, 15) is 14.4 Å². The quantitative estimate of drug-likeness (QED) is 0.475. The lowest BCUT2D eigenvalue weighted by Gasteiger charge is -2.33. The Kier molecular flexibility index (Phi) is 6.60. The number of amides is 1. The number of fused-ring (bicyclic) bond motifs is 1. The van der Waals surface area contributed by atoms with Crippen LogP contribution in [0.3, 0.4) is 0 Å². The molecule has 0 aliphatic carbocycles. The lowest BCUT2D eigenvalue weighted by Crippen LogP contribution is -2.36. The third-order valence-corrected chi connectivity index (χ3v) is 6.75. The van der Waals surface area contributed by atoms with Gasteiger partial charge in [-0.3, -0.25) is 23.9 Å². The molecule has 1 aliphatic rings. The van der Waals surface area contributed by atoms with Crippen LogP contribution in [0.2, 0.25) is 0 Å². The van der Waals surface area contributed by atoms with Gasteiger partial charge in [-0.25, -0.2) is 0 Å². The standard InChI is InChI=1S/C24H24N2O7S/c1-30-17-10-14(11-18(31-2)21(17)33-4)16-12-19(27)26(15-8-6-5-7-9-15)23-22(16)34-24(29)25(23)13-20(28)32-3/h5-11,16H,12-13H2,1-4H3/t16-/m0/s1. The number of anilines is 2. The summed E-state index contributed by atoms with van der Waals surface area (Å²) in [4.78, 5) is 40.4. The van der Waals surface area contributed by atoms with Crippen molar-refractivity contribution in [3.63, 3.8) is 0 Å². The van der Waals surface area contributed by atoms with Gasteiger partial charge in [0.1, 0.15) is 12.4 Å². The molecule has 3 aromatic rings. The van der Waals surface area contributed by atoms with E-state index in [0.29, 0.717) is 33.6 Å². The number of hydrogen-bond acceptors (Lipinski definition) is 8. The molecule has 0 radical (unpaired) electrons. The highest BCUT2D eigenvalue weighted by Crippen LogP contribution is 2.48. The van der Waals surface area contributed by atoms with E-state index in [0.717, 1.165) is 16.9 Å². The lowest BCUT2D eigenvalue weighted by atomic mass is 9.90. The van der Waals surface area contributed by atoms with Gasteiger partial charge in [0, 0.05) is 12.3 Å². The van der Waals surface area contributed by atoms with E-state index < -0.39 is 11.9 Å². The van der Waals surface area contributed by atoms with E-state index in [1.807, 2.05) is 18.2 Å². The summed E-state index contributed by atoms with van der Waals surface area (Å²) in [5.74, 6) is 0.426. The number of hydrogen-bond donors (Lipinski definition) is 0. The maximum Gasteiger partial charge on any atom is 0.325 e. The number of methoxy groups -OCH3 is 4. The Morgan fingerprint density at radius 3 is 2.21 bits per heavy atom. The third-order valence-electron chi connectivity index (χ3n) is 5.67. The maximum absolute atomic E-state index is 13.5. The van der Waals surface area contributed by atoms with Crippen molar-refractivity contribution in [2.75, 3.05) is 33.3 Å². The van der Waals surface area contributed by atoms with Gasteiger partial charge in [0.25, 0.3) is 0 Å². The normalized spacial score (nSPS) is 15.0. The first-order valence-corrected chi connectivity index (χ1v) is 11.2. The molecule has 178 valence electrons. The molecule has 0 unspecified atom stereocenters. The van der Waals surface area contributed by atoms with Crippen LogP contribution in [-0.4, -0.2) is 44.9 Å². The molecule has 0 saturated carbocycles. The molecule has 9 nitrogen and oxygen atoms in total. The lowest BCUT2D eigenvalue weighted by molar-refractivity contribution is -0.141. The zero-order valence-corrected chi connectivity index (χ0v) is 20.0. The van der Waals surface area contributed by atoms with Crippen LogP contribution < -0.4 is 24.0 Å². The molecular formula is C24H24N2O7S. The average Bonchev–Trinajstić information content (AvgIpc) is 3.18. The van der Waals surface area contributed by atoms with E-state index in [2.05, 4.69) is 0 Å². The van der Waals surface area contributed by atoms with Crippen LogP contribution >= 0.6 is 11.3 Å². The van der Waals surface area contributed by atoms with Crippen LogP contribution in [-0.2, 0) is 20.9 Å². The fraction of sp³-hybridized carbons (Fsp3) is 0.292. The summed E-state index contributed by atoms with van der Waals surface area (Å²) in [5.41, 5.74) is 1.33. The maximum atomic E-state index is 13.5. The van der Waals surface area contributed by atoms with Crippen LogP contribution in [0.5, 0.6) is 17.2 Å². The molecule has 0 bridgehead atoms. The molecule has 1 aromatic heterocycles. The molecule has 1 amide bonds. The number of esters is 1. The second-order valence-electron chi connectivity index (χ2n) is 7.50. The predicted octanol–water partition coefficient (Wildman–Crippen LogP) is 3.31. The Morgan fingerprint density at radius 2 is 1.65 bits per heavy atom. The number of benzene rings is 2. The van der Waals surface area contributed by atoms with Crippen molar-refractivity contribution in [2.45, 2.75) is 18.9 Å². The molecule has 0 N–H and O–H groups in total. The molecule has 2 aromatic carbocycles. The summed E-state index contributed by atoms with van der Waals surface area (Å²) >= 11 is 1.00. The Balaban J connectivity index is 1.94. The number of ether oxygens (including phenoxy) is 4. The third kappa shape index (κ3) is 4.01. The van der Waals surface area contributed by atoms with Gasteiger partial charge in [-0.05, 0) is 29.8 Å². The smallest absolute Gasteiger partial charge is 0.325 e. The van der Waals surface area contributed by atoms with Crippen molar-refractivity contribution in [2.24, 2.45) is 0 Å². The van der Waals surface area contributed by atoms with E-state index in [1.165, 1.54) is 37.9 Å². The minimum atomic E-state index is -0.585. The van der Waals surface area contributed by atoms with Crippen molar-refractivity contribution in [3.8, 4) is 17.2 Å². The number of nitrogens with zero attached hydrogens (tertiary/aromatic N) is 2. The molecular weight excluding hydrogens is 460 g/mol. The summed E-state index contributed by atoms with van der Waals surface area (Å²) in [7, 11) is 5.80. The molecule has 0 fully saturated rings. The summed E-state index contributed by atoms with van der Waals surface area (Å²) in [5, 5.41) is 0. The Hall–Kier alpha value is -3.79.